The van der Waals surface area contributed by atoms with Crippen LogP contribution >= 0.6 is 35.0 Å². The molecule has 0 aliphatic carbocycles. The molecule has 0 radical (unpaired) electrons. The van der Waals surface area contributed by atoms with Gasteiger partial charge in [-0.25, -0.2) is 8.42 Å². The second kappa shape index (κ2) is 7.88. The number of carboxylic acids is 1. The van der Waals surface area contributed by atoms with E-state index in [1.54, 1.807) is 44.2 Å². The van der Waals surface area contributed by atoms with Crippen molar-refractivity contribution in [1.29, 1.82) is 0 Å². The van der Waals surface area contributed by atoms with Gasteiger partial charge in [-0.3, -0.25) is 4.79 Å². The van der Waals surface area contributed by atoms with Crippen molar-refractivity contribution in [3.8, 4) is 11.1 Å². The average molecular weight is 460 g/mol. The molecule has 150 valence electrons. The van der Waals surface area contributed by atoms with E-state index in [0.29, 0.717) is 15.8 Å². The third-order valence-corrected chi connectivity index (χ3v) is 8.45. The van der Waals surface area contributed by atoms with Crippen molar-refractivity contribution in [2.24, 2.45) is 0 Å². The standard InChI is InChI=1S/C19H19Cl2NO4S2/c1-19(2)17(18(23)24)22(9-10-27-19)28(25,26)14-6-3-12(4-7-14)15-8-5-13(20)11-16(15)21/h3-8,11,17H,9-10H2,1-2H3,(H,23,24)/t17-/m0/s1. The van der Waals surface area contributed by atoms with Crippen LogP contribution in [0.1, 0.15) is 13.8 Å². The Hall–Kier alpha value is -1.25. The van der Waals surface area contributed by atoms with Crippen molar-refractivity contribution >= 4 is 51.0 Å². The van der Waals surface area contributed by atoms with E-state index >= 15 is 0 Å². The zero-order valence-corrected chi connectivity index (χ0v) is 18.4. The summed E-state index contributed by atoms with van der Waals surface area (Å²) >= 11 is 13.6. The fraction of sp³-hybridized carbons (Fsp3) is 0.316. The summed E-state index contributed by atoms with van der Waals surface area (Å²) < 4.78 is 26.7. The molecule has 3 rings (SSSR count). The Kier molecular flexibility index (Phi) is 6.04. The molecule has 1 fully saturated rings. The predicted octanol–water partition coefficient (Wildman–Crippen LogP) is 4.63. The number of nitrogens with zero attached hydrogens (tertiary/aromatic N) is 1. The van der Waals surface area contributed by atoms with Gasteiger partial charge in [0.15, 0.2) is 0 Å². The molecular formula is C19H19Cl2NO4S2. The van der Waals surface area contributed by atoms with Crippen LogP contribution < -0.4 is 0 Å². The number of halogens is 2. The number of rotatable bonds is 4. The summed E-state index contributed by atoms with van der Waals surface area (Å²) in [6.07, 6.45) is 0. The van der Waals surface area contributed by atoms with Gasteiger partial charge in [-0.15, -0.1) is 0 Å². The van der Waals surface area contributed by atoms with E-state index in [2.05, 4.69) is 0 Å². The molecule has 1 saturated heterocycles. The molecule has 1 N–H and O–H groups in total. The first-order chi connectivity index (χ1) is 13.0. The maximum Gasteiger partial charge on any atom is 0.323 e. The fourth-order valence-electron chi connectivity index (χ4n) is 3.30. The van der Waals surface area contributed by atoms with E-state index < -0.39 is 26.8 Å². The first-order valence-electron chi connectivity index (χ1n) is 8.48. The summed E-state index contributed by atoms with van der Waals surface area (Å²) in [5.41, 5.74) is 1.47. The molecular weight excluding hydrogens is 441 g/mol. The average Bonchev–Trinajstić information content (AvgIpc) is 2.60. The summed E-state index contributed by atoms with van der Waals surface area (Å²) in [6.45, 7) is 3.66. The van der Waals surface area contributed by atoms with Gasteiger partial charge in [0, 0.05) is 32.7 Å². The zero-order chi connectivity index (χ0) is 20.7. The van der Waals surface area contributed by atoms with Crippen LogP contribution in [0.15, 0.2) is 47.4 Å². The number of carboxylic acid groups (broad SMARTS) is 1. The Morgan fingerprint density at radius 3 is 2.39 bits per heavy atom. The number of thioether (sulfide) groups is 1. The summed E-state index contributed by atoms with van der Waals surface area (Å²) in [6, 6.07) is 10.2. The van der Waals surface area contributed by atoms with Crippen LogP contribution in [0.3, 0.4) is 0 Å². The number of carbonyl (C=O) groups is 1. The van der Waals surface area contributed by atoms with Crippen molar-refractivity contribution < 1.29 is 18.3 Å². The lowest BCUT2D eigenvalue weighted by Crippen LogP contribution is -2.58. The zero-order valence-electron chi connectivity index (χ0n) is 15.2. The molecule has 0 bridgehead atoms. The van der Waals surface area contributed by atoms with Gasteiger partial charge in [0.25, 0.3) is 0 Å². The molecule has 0 saturated carbocycles. The van der Waals surface area contributed by atoms with Gasteiger partial charge in [0.1, 0.15) is 6.04 Å². The van der Waals surface area contributed by atoms with Crippen molar-refractivity contribution in [3.05, 3.63) is 52.5 Å². The third kappa shape index (κ3) is 4.04. The third-order valence-electron chi connectivity index (χ3n) is 4.67. The van der Waals surface area contributed by atoms with Crippen molar-refractivity contribution in [2.75, 3.05) is 12.3 Å². The number of hydrogen-bond acceptors (Lipinski definition) is 4. The van der Waals surface area contributed by atoms with Crippen LogP contribution in [0.25, 0.3) is 11.1 Å². The van der Waals surface area contributed by atoms with Gasteiger partial charge in [-0.1, -0.05) is 41.4 Å². The highest BCUT2D eigenvalue weighted by Crippen LogP contribution is 2.38. The van der Waals surface area contributed by atoms with Crippen molar-refractivity contribution in [3.63, 3.8) is 0 Å². The van der Waals surface area contributed by atoms with E-state index in [-0.39, 0.29) is 11.4 Å². The second-order valence-electron chi connectivity index (χ2n) is 6.96. The van der Waals surface area contributed by atoms with Crippen molar-refractivity contribution in [1.82, 2.24) is 4.31 Å². The van der Waals surface area contributed by atoms with Crippen LogP contribution in [0.2, 0.25) is 10.0 Å². The molecule has 1 aliphatic heterocycles. The molecule has 5 nitrogen and oxygen atoms in total. The Labute approximate surface area is 178 Å². The van der Waals surface area contributed by atoms with E-state index in [4.69, 9.17) is 23.2 Å². The van der Waals surface area contributed by atoms with Gasteiger partial charge in [0.05, 0.1) is 4.90 Å². The fourth-order valence-corrected chi connectivity index (χ4v) is 6.91. The van der Waals surface area contributed by atoms with Gasteiger partial charge in [-0.2, -0.15) is 16.1 Å². The largest absolute Gasteiger partial charge is 0.480 e. The molecule has 2 aromatic rings. The Balaban J connectivity index is 1.97. The van der Waals surface area contributed by atoms with E-state index in [1.165, 1.54) is 23.9 Å². The highest BCUT2D eigenvalue weighted by molar-refractivity contribution is 8.00. The van der Waals surface area contributed by atoms with Gasteiger partial charge < -0.3 is 5.11 Å². The predicted molar refractivity (Wildman–Crippen MR) is 114 cm³/mol. The molecule has 2 aromatic carbocycles. The van der Waals surface area contributed by atoms with E-state index in [0.717, 1.165) is 15.4 Å². The first kappa shape index (κ1) is 21.5. The number of aliphatic carboxylic acids is 1. The Morgan fingerprint density at radius 2 is 1.82 bits per heavy atom. The maximum atomic E-state index is 13.2. The van der Waals surface area contributed by atoms with Crippen LogP contribution in [0, 0.1) is 0 Å². The normalized spacial score (nSPS) is 20.1. The quantitative estimate of drug-likeness (QED) is 0.720. The summed E-state index contributed by atoms with van der Waals surface area (Å²) in [4.78, 5) is 11.9. The highest BCUT2D eigenvalue weighted by atomic mass is 35.5. The molecule has 1 aliphatic rings. The maximum absolute atomic E-state index is 13.2. The lowest BCUT2D eigenvalue weighted by atomic mass is 10.0. The number of hydrogen-bond donors (Lipinski definition) is 1. The van der Waals surface area contributed by atoms with Crippen LogP contribution in [-0.4, -0.2) is 46.9 Å². The Morgan fingerprint density at radius 1 is 1.18 bits per heavy atom. The molecule has 9 heteroatoms. The molecule has 0 spiro atoms. The van der Waals surface area contributed by atoms with Crippen LogP contribution in [-0.2, 0) is 14.8 Å². The van der Waals surface area contributed by atoms with Crippen molar-refractivity contribution in [2.45, 2.75) is 29.5 Å². The lowest BCUT2D eigenvalue weighted by molar-refractivity contribution is -0.142. The molecule has 0 amide bonds. The first-order valence-corrected chi connectivity index (χ1v) is 11.7. The van der Waals surface area contributed by atoms with E-state index in [1.807, 2.05) is 0 Å². The van der Waals surface area contributed by atoms with Gasteiger partial charge in [-0.05, 0) is 43.7 Å². The molecule has 28 heavy (non-hydrogen) atoms. The minimum absolute atomic E-state index is 0.0512. The minimum Gasteiger partial charge on any atom is -0.480 e. The minimum atomic E-state index is -3.96. The Bertz CT molecular complexity index is 1010. The number of sulfonamides is 1. The van der Waals surface area contributed by atoms with Crippen LogP contribution in [0.4, 0.5) is 0 Å². The molecule has 0 unspecified atom stereocenters. The highest BCUT2D eigenvalue weighted by Gasteiger charge is 2.48. The van der Waals surface area contributed by atoms with Gasteiger partial charge >= 0.3 is 5.97 Å². The summed E-state index contributed by atoms with van der Waals surface area (Å²) in [5.74, 6) is -0.612. The smallest absolute Gasteiger partial charge is 0.323 e. The van der Waals surface area contributed by atoms with Crippen LogP contribution in [0.5, 0.6) is 0 Å². The topological polar surface area (TPSA) is 74.7 Å². The molecule has 0 aromatic heterocycles. The van der Waals surface area contributed by atoms with Gasteiger partial charge in [0.2, 0.25) is 10.0 Å². The number of benzene rings is 2. The molecule has 1 atom stereocenters. The SMILES string of the molecule is CC1(C)SCCN(S(=O)(=O)c2ccc(-c3ccc(Cl)cc3Cl)cc2)[C@H]1C(=O)O. The monoisotopic (exact) mass is 459 g/mol. The summed E-state index contributed by atoms with van der Waals surface area (Å²) in [5, 5.41) is 10.6. The lowest BCUT2D eigenvalue weighted by Gasteiger charge is -2.42. The van der Waals surface area contributed by atoms with E-state index in [9.17, 15) is 18.3 Å². The molecule has 1 heterocycles. The summed E-state index contributed by atoms with van der Waals surface area (Å²) in [7, 11) is -3.96. The second-order valence-corrected chi connectivity index (χ2v) is 11.4.